The monoisotopic (exact) mass is 264 g/mol. The highest BCUT2D eigenvalue weighted by Gasteiger charge is 2.29. The number of hydrogen-bond acceptors (Lipinski definition) is 2. The molecule has 0 N–H and O–H groups in total. The van der Waals surface area contributed by atoms with E-state index >= 15 is 0 Å². The lowest BCUT2D eigenvalue weighted by Gasteiger charge is -2.17. The Morgan fingerprint density at radius 2 is 0.950 bits per heavy atom. The molecule has 0 spiro atoms. The zero-order chi connectivity index (χ0) is 15.1. The van der Waals surface area contributed by atoms with E-state index < -0.39 is 0 Å². The van der Waals surface area contributed by atoms with Crippen molar-refractivity contribution in [2.45, 2.75) is 0 Å². The normalized spacial score (nSPS) is 16.2. The van der Waals surface area contributed by atoms with Crippen molar-refractivity contribution >= 4 is 11.6 Å². The molecular formula is C18H16O2. The highest BCUT2D eigenvalue weighted by atomic mass is 16.1. The van der Waals surface area contributed by atoms with Crippen LogP contribution in [0, 0.1) is 0 Å². The Labute approximate surface area is 119 Å². The fourth-order valence-corrected chi connectivity index (χ4v) is 1.84. The molecule has 0 aromatic heterocycles. The lowest BCUT2D eigenvalue weighted by Crippen LogP contribution is -2.21. The maximum absolute atomic E-state index is 12.4. The Morgan fingerprint density at radius 3 is 1.20 bits per heavy atom. The van der Waals surface area contributed by atoms with E-state index in [1.165, 1.54) is 24.3 Å². The highest BCUT2D eigenvalue weighted by molar-refractivity contribution is 6.29. The fourth-order valence-electron chi connectivity index (χ4n) is 1.84. The predicted octanol–water partition coefficient (Wildman–Crippen LogP) is 3.59. The molecule has 0 radical (unpaired) electrons. The van der Waals surface area contributed by atoms with E-state index in [4.69, 9.17) is 0 Å². The number of hydrogen-bond donors (Lipinski definition) is 0. The van der Waals surface area contributed by atoms with E-state index in [2.05, 4.69) is 26.3 Å². The van der Waals surface area contributed by atoms with Gasteiger partial charge in [0.05, 0.1) is 0 Å². The molecule has 0 fully saturated rings. The van der Waals surface area contributed by atoms with Gasteiger partial charge in [-0.1, -0.05) is 74.9 Å². The van der Waals surface area contributed by atoms with Crippen LogP contribution in [0.15, 0.2) is 97.2 Å². The van der Waals surface area contributed by atoms with Crippen molar-refractivity contribution in [3.8, 4) is 0 Å². The van der Waals surface area contributed by atoms with Crippen molar-refractivity contribution in [3.63, 3.8) is 0 Å². The first kappa shape index (κ1) is 15.3. The minimum Gasteiger partial charge on any atom is -0.289 e. The number of rotatable bonds is 6. The average Bonchev–Trinajstić information content (AvgIpc) is 2.45. The Kier molecular flexibility index (Phi) is 5.36. The number of carbonyl (C=O) groups is 2. The Morgan fingerprint density at radius 1 is 0.600 bits per heavy atom. The predicted molar refractivity (Wildman–Crippen MR) is 83.1 cm³/mol. The third-order valence-electron chi connectivity index (χ3n) is 2.77. The molecule has 0 atom stereocenters. The molecule has 0 aromatic rings. The van der Waals surface area contributed by atoms with Crippen molar-refractivity contribution in [2.24, 2.45) is 0 Å². The van der Waals surface area contributed by atoms with Gasteiger partial charge in [-0.2, -0.15) is 0 Å². The third kappa shape index (κ3) is 2.81. The standard InChI is InChI=1S/C18H16O2/c1-5-9-11-15-13(7-3)18(20)16(12-10-6-2)14(8-4)17(15)19/h5-12H,1-4H2/b11-9-,12-10-. The molecule has 20 heavy (non-hydrogen) atoms. The van der Waals surface area contributed by atoms with E-state index in [0.717, 1.165) is 0 Å². The second-order valence-corrected chi connectivity index (χ2v) is 3.91. The van der Waals surface area contributed by atoms with Gasteiger partial charge in [0.15, 0.2) is 11.6 Å². The van der Waals surface area contributed by atoms with Crippen LogP contribution in [0.3, 0.4) is 0 Å². The summed E-state index contributed by atoms with van der Waals surface area (Å²) in [4.78, 5) is 24.8. The van der Waals surface area contributed by atoms with Crippen molar-refractivity contribution in [2.75, 3.05) is 0 Å². The lowest BCUT2D eigenvalue weighted by atomic mass is 9.83. The smallest absolute Gasteiger partial charge is 0.194 e. The maximum atomic E-state index is 12.4. The second-order valence-electron chi connectivity index (χ2n) is 3.91. The molecular weight excluding hydrogens is 248 g/mol. The highest BCUT2D eigenvalue weighted by Crippen LogP contribution is 2.27. The summed E-state index contributed by atoms with van der Waals surface area (Å²) in [5.74, 6) is -0.507. The summed E-state index contributed by atoms with van der Waals surface area (Å²) in [5, 5.41) is 0. The van der Waals surface area contributed by atoms with Crippen LogP contribution in [-0.2, 0) is 9.59 Å². The number of carbonyl (C=O) groups excluding carboxylic acids is 2. The van der Waals surface area contributed by atoms with Crippen molar-refractivity contribution < 1.29 is 9.59 Å². The first-order valence-electron chi connectivity index (χ1n) is 6.03. The van der Waals surface area contributed by atoms with Gasteiger partial charge < -0.3 is 0 Å². The van der Waals surface area contributed by atoms with Crippen LogP contribution in [0.5, 0.6) is 0 Å². The summed E-state index contributed by atoms with van der Waals surface area (Å²) < 4.78 is 0. The van der Waals surface area contributed by atoms with Gasteiger partial charge in [0.2, 0.25) is 0 Å². The number of Topliss-reactive ketones (excluding diaryl/α,β-unsaturated/α-hetero) is 2. The van der Waals surface area contributed by atoms with E-state index in [0.29, 0.717) is 11.1 Å². The van der Waals surface area contributed by atoms with Gasteiger partial charge in [0.1, 0.15) is 0 Å². The molecule has 0 saturated carbocycles. The van der Waals surface area contributed by atoms with Gasteiger partial charge in [-0.15, -0.1) is 0 Å². The molecule has 1 rings (SSSR count). The van der Waals surface area contributed by atoms with Crippen LogP contribution in [0.25, 0.3) is 0 Å². The van der Waals surface area contributed by atoms with E-state index in [1.807, 2.05) is 0 Å². The largest absolute Gasteiger partial charge is 0.289 e. The molecule has 0 aliphatic heterocycles. The van der Waals surface area contributed by atoms with Gasteiger partial charge in [0, 0.05) is 22.3 Å². The summed E-state index contributed by atoms with van der Waals surface area (Å²) in [6.45, 7) is 14.3. The minimum atomic E-state index is -0.253. The summed E-state index contributed by atoms with van der Waals surface area (Å²) in [6, 6.07) is 0. The molecule has 0 amide bonds. The molecule has 2 heteroatoms. The average molecular weight is 264 g/mol. The van der Waals surface area contributed by atoms with Gasteiger partial charge in [0.25, 0.3) is 0 Å². The Hall–Kier alpha value is -2.74. The molecule has 0 bridgehead atoms. The topological polar surface area (TPSA) is 34.1 Å². The molecule has 100 valence electrons. The quantitative estimate of drug-likeness (QED) is 0.542. The van der Waals surface area contributed by atoms with Crippen LogP contribution >= 0.6 is 0 Å². The first-order valence-corrected chi connectivity index (χ1v) is 6.03. The summed E-state index contributed by atoms with van der Waals surface area (Å²) in [5.41, 5.74) is 1.16. The van der Waals surface area contributed by atoms with Crippen LogP contribution in [0.2, 0.25) is 0 Å². The molecule has 2 nitrogen and oxygen atoms in total. The molecule has 0 unspecified atom stereocenters. The zero-order valence-corrected chi connectivity index (χ0v) is 11.3. The van der Waals surface area contributed by atoms with Crippen molar-refractivity contribution in [3.05, 3.63) is 97.2 Å². The SMILES string of the molecule is C=C/C=C\C1=C(C=C)C(=O)C(/C=C\C=C)=C(C=C)C1=O. The van der Waals surface area contributed by atoms with E-state index in [9.17, 15) is 9.59 Å². The van der Waals surface area contributed by atoms with Crippen molar-refractivity contribution in [1.29, 1.82) is 0 Å². The van der Waals surface area contributed by atoms with Crippen LogP contribution in [-0.4, -0.2) is 11.6 Å². The molecule has 0 heterocycles. The van der Waals surface area contributed by atoms with Crippen LogP contribution in [0.1, 0.15) is 0 Å². The molecule has 1 aliphatic rings. The molecule has 1 aliphatic carbocycles. The van der Waals surface area contributed by atoms with Crippen molar-refractivity contribution in [1.82, 2.24) is 0 Å². The zero-order valence-electron chi connectivity index (χ0n) is 11.3. The summed E-state index contributed by atoms with van der Waals surface area (Å²) in [7, 11) is 0. The second kappa shape index (κ2) is 7.00. The molecule has 0 aromatic carbocycles. The van der Waals surface area contributed by atoms with E-state index in [1.54, 1.807) is 24.3 Å². The van der Waals surface area contributed by atoms with Crippen LogP contribution in [0.4, 0.5) is 0 Å². The Balaban J connectivity index is 3.53. The lowest BCUT2D eigenvalue weighted by molar-refractivity contribution is -0.115. The van der Waals surface area contributed by atoms with E-state index in [-0.39, 0.29) is 22.7 Å². The van der Waals surface area contributed by atoms with Gasteiger partial charge in [-0.05, 0) is 0 Å². The fraction of sp³-hybridized carbons (Fsp3) is 0. The first-order chi connectivity index (χ1) is 9.62. The van der Waals surface area contributed by atoms with Gasteiger partial charge in [-0.3, -0.25) is 9.59 Å². The third-order valence-corrected chi connectivity index (χ3v) is 2.77. The summed E-state index contributed by atoms with van der Waals surface area (Å²) >= 11 is 0. The molecule has 0 saturated heterocycles. The minimum absolute atomic E-state index is 0.253. The van der Waals surface area contributed by atoms with Gasteiger partial charge in [-0.25, -0.2) is 0 Å². The summed E-state index contributed by atoms with van der Waals surface area (Å²) in [6.07, 6.45) is 12.2. The number of ketones is 2. The van der Waals surface area contributed by atoms with Gasteiger partial charge >= 0.3 is 0 Å². The maximum Gasteiger partial charge on any atom is 0.194 e. The number of allylic oxidation sites excluding steroid dienone is 12. The van der Waals surface area contributed by atoms with Crippen LogP contribution < -0.4 is 0 Å². The Bertz CT molecular complexity index is 564.